The molecule has 2 rings (SSSR count). The van der Waals surface area contributed by atoms with Gasteiger partial charge in [0.2, 0.25) is 0 Å². The Morgan fingerprint density at radius 3 is 2.35 bits per heavy atom. The molecule has 0 unspecified atom stereocenters. The normalized spacial score (nSPS) is 9.76. The van der Waals surface area contributed by atoms with Gasteiger partial charge in [-0.25, -0.2) is 0 Å². The van der Waals surface area contributed by atoms with Crippen LogP contribution in [0, 0.1) is 6.92 Å². The molecule has 0 spiro atoms. The first-order valence-electron chi connectivity index (χ1n) is 5.84. The summed E-state index contributed by atoms with van der Waals surface area (Å²) in [6.45, 7) is 6.20. The molecule has 0 saturated carbocycles. The van der Waals surface area contributed by atoms with E-state index in [9.17, 15) is 0 Å². The van der Waals surface area contributed by atoms with Gasteiger partial charge in [0.05, 0.1) is 0 Å². The second kappa shape index (κ2) is 6.64. The zero-order valence-corrected chi connectivity index (χ0v) is 15.9. The van der Waals surface area contributed by atoms with Gasteiger partial charge in [0.15, 0.2) is 0 Å². The predicted molar refractivity (Wildman–Crippen MR) is 79.5 cm³/mol. The molecular formula is C14H19NPbS+. The third-order valence-electron chi connectivity index (χ3n) is 2.47. The zero-order chi connectivity index (χ0) is 13.0. The average molecular weight is 441 g/mol. The van der Waals surface area contributed by atoms with Crippen LogP contribution in [0.15, 0.2) is 24.3 Å². The molecule has 0 N–H and O–H groups in total. The van der Waals surface area contributed by atoms with E-state index in [0.29, 0.717) is 0 Å². The van der Waals surface area contributed by atoms with E-state index in [1.807, 2.05) is 25.2 Å². The fraction of sp³-hybridized carbons (Fsp3) is 0.357. The van der Waals surface area contributed by atoms with Gasteiger partial charge in [-0.3, -0.25) is 0 Å². The van der Waals surface area contributed by atoms with Crippen LogP contribution in [-0.2, 0) is 0 Å². The number of hydrogen-bond acceptors (Lipinski definition) is 1. The van der Waals surface area contributed by atoms with Crippen LogP contribution in [0.3, 0.4) is 0 Å². The topological polar surface area (TPSA) is 3.01 Å². The summed E-state index contributed by atoms with van der Waals surface area (Å²) in [5.41, 5.74) is 2.80. The summed E-state index contributed by atoms with van der Waals surface area (Å²) in [5.74, 6) is 0. The van der Waals surface area contributed by atoms with Crippen LogP contribution in [0.1, 0.15) is 19.4 Å². The Kier molecular flexibility index (Phi) is 5.79. The fourth-order valence-corrected chi connectivity index (χ4v) is 4.74. The van der Waals surface area contributed by atoms with E-state index < -0.39 is 0 Å². The van der Waals surface area contributed by atoms with E-state index in [2.05, 4.69) is 49.9 Å². The second-order valence-corrected chi connectivity index (χ2v) is 8.46. The standard InChI is InChI=1S/C12H13NS.C2H6.Pb/c1-9-6-7-14-12-8-10(13(2)3)4-5-11(9)12;1-2;/h4-6,8H,1-3H3;1-2H3;/q+1;;. The van der Waals surface area contributed by atoms with Crippen LogP contribution in [0.5, 0.6) is 0 Å². The van der Waals surface area contributed by atoms with E-state index in [-0.39, 0.29) is 0 Å². The number of nitrogens with zero attached hydrogens (tertiary/aromatic N) is 1. The van der Waals surface area contributed by atoms with Crippen molar-refractivity contribution < 1.29 is 0 Å². The summed E-state index contributed by atoms with van der Waals surface area (Å²) in [4.78, 5) is 1.41. The van der Waals surface area contributed by atoms with Crippen LogP contribution in [0.2, 0.25) is 0 Å². The maximum atomic E-state index is 2.31. The Morgan fingerprint density at radius 2 is 1.76 bits per heavy atom. The summed E-state index contributed by atoms with van der Waals surface area (Å²) < 4.78 is 3.66. The molecule has 0 fully saturated rings. The van der Waals surface area contributed by atoms with Crippen LogP contribution in [0.25, 0.3) is 10.4 Å². The molecule has 3 radical (unpaired) electrons. The Morgan fingerprint density at radius 1 is 1.12 bits per heavy atom. The summed E-state index contributed by atoms with van der Waals surface area (Å²) in [6.07, 6.45) is 0. The van der Waals surface area contributed by atoms with Crippen LogP contribution in [-0.4, -0.2) is 39.9 Å². The van der Waals surface area contributed by atoms with Crippen molar-refractivity contribution in [2.24, 2.45) is 0 Å². The molecule has 0 aromatic carbocycles. The van der Waals surface area contributed by atoms with Crippen molar-refractivity contribution in [2.45, 2.75) is 20.8 Å². The van der Waals surface area contributed by atoms with Crippen molar-refractivity contribution in [3.05, 3.63) is 35.2 Å². The molecule has 17 heavy (non-hydrogen) atoms. The molecule has 0 aromatic rings. The summed E-state index contributed by atoms with van der Waals surface area (Å²) in [7, 11) is 4.17. The minimum atomic E-state index is 1.14. The van der Waals surface area contributed by atoms with Gasteiger partial charge in [0.25, 0.3) is 0 Å². The van der Waals surface area contributed by atoms with Gasteiger partial charge in [0.1, 0.15) is 0 Å². The SMILES string of the molecule is CC.Cc1c[c]([Pb])sc2cc(=[N+](C)C)ccc1-2. The van der Waals surface area contributed by atoms with E-state index in [0.717, 1.165) is 25.8 Å². The molecule has 1 heterocycles. The van der Waals surface area contributed by atoms with Gasteiger partial charge in [-0.15, -0.1) is 0 Å². The Labute approximate surface area is 124 Å². The van der Waals surface area contributed by atoms with E-state index in [4.69, 9.17) is 0 Å². The van der Waals surface area contributed by atoms with Gasteiger partial charge in [-0.05, 0) is 0 Å². The van der Waals surface area contributed by atoms with E-state index in [1.165, 1.54) is 23.8 Å². The zero-order valence-electron chi connectivity index (χ0n) is 11.2. The van der Waals surface area contributed by atoms with Crippen LogP contribution < -0.4 is 12.4 Å². The summed E-state index contributed by atoms with van der Waals surface area (Å²) >= 11 is 3.06. The molecule has 1 aliphatic carbocycles. The van der Waals surface area contributed by atoms with Crippen LogP contribution in [0.4, 0.5) is 0 Å². The van der Waals surface area contributed by atoms with Crippen molar-refractivity contribution in [1.82, 2.24) is 4.58 Å². The number of aryl methyl sites for hydroxylation is 1. The Hall–Kier alpha value is -0.228. The van der Waals surface area contributed by atoms with Gasteiger partial charge in [0, 0.05) is 0 Å². The molecule has 0 saturated heterocycles. The molecule has 0 aromatic heterocycles. The summed E-state index contributed by atoms with van der Waals surface area (Å²) in [6, 6.07) is 9.02. The predicted octanol–water partition coefficient (Wildman–Crippen LogP) is 2.01. The summed E-state index contributed by atoms with van der Waals surface area (Å²) in [5, 5.41) is 1.28. The average Bonchev–Trinajstić information content (AvgIpc) is 2.30. The van der Waals surface area contributed by atoms with E-state index in [1.54, 1.807) is 0 Å². The first-order valence-corrected chi connectivity index (χ1v) is 8.60. The Bertz CT molecular complexity index is 539. The quantitative estimate of drug-likeness (QED) is 0.436. The maximum absolute atomic E-state index is 2.31. The third kappa shape index (κ3) is 3.61. The molecule has 0 atom stereocenters. The molecule has 89 valence electrons. The second-order valence-electron chi connectivity index (χ2n) is 3.87. The fourth-order valence-electron chi connectivity index (χ4n) is 1.62. The van der Waals surface area contributed by atoms with Crippen molar-refractivity contribution >= 4 is 39.5 Å². The monoisotopic (exact) mass is 441 g/mol. The number of hydrogen-bond donors (Lipinski definition) is 0. The van der Waals surface area contributed by atoms with Gasteiger partial charge >= 0.3 is 111 Å². The molecular weight excluding hydrogens is 421 g/mol. The Balaban J connectivity index is 0.000000686. The molecule has 3 heteroatoms. The first-order chi connectivity index (χ1) is 8.08. The number of rotatable bonds is 0. The molecule has 0 amide bonds. The number of benzene rings is 1. The molecule has 1 nitrogen and oxygen atoms in total. The third-order valence-corrected chi connectivity index (χ3v) is 5.12. The molecule has 2 aliphatic rings. The van der Waals surface area contributed by atoms with Gasteiger partial charge in [-0.2, -0.15) is 0 Å². The van der Waals surface area contributed by atoms with Crippen LogP contribution >= 0.6 is 11.3 Å². The van der Waals surface area contributed by atoms with Gasteiger partial charge < -0.3 is 0 Å². The first kappa shape index (κ1) is 14.8. The molecule has 0 bridgehead atoms. The van der Waals surface area contributed by atoms with Crippen molar-refractivity contribution in [3.8, 4) is 10.4 Å². The van der Waals surface area contributed by atoms with Crippen molar-refractivity contribution in [3.63, 3.8) is 0 Å². The van der Waals surface area contributed by atoms with Crippen molar-refractivity contribution in [2.75, 3.05) is 14.1 Å². The number of fused-ring (bicyclic) bond motifs is 1. The van der Waals surface area contributed by atoms with Gasteiger partial charge in [-0.1, -0.05) is 13.8 Å². The van der Waals surface area contributed by atoms with E-state index >= 15 is 0 Å². The minimum absolute atomic E-state index is 1.14. The molecule has 1 aliphatic heterocycles. The van der Waals surface area contributed by atoms with Crippen molar-refractivity contribution in [1.29, 1.82) is 0 Å².